The fourth-order valence-corrected chi connectivity index (χ4v) is 10.5. The van der Waals surface area contributed by atoms with Gasteiger partial charge in [-0.05, 0) is 170 Å². The quantitative estimate of drug-likeness (QED) is 0.00961. The Morgan fingerprint density at radius 1 is 0.539 bits per heavy atom. The molecule has 0 atom stereocenters. The van der Waals surface area contributed by atoms with Gasteiger partial charge in [-0.2, -0.15) is 0 Å². The summed E-state index contributed by atoms with van der Waals surface area (Å²) in [4.78, 5) is 64.9. The number of rotatable bonds is 13. The summed E-state index contributed by atoms with van der Waals surface area (Å²) in [5, 5.41) is 46.7. The van der Waals surface area contributed by atoms with Gasteiger partial charge in [0.05, 0.1) is 40.9 Å². The molecule has 3 aliphatic rings. The third kappa shape index (κ3) is 53.9. The standard InChI is InChI=1S/3C12H13ClO3.C11H12Cl2O.C11H13ClO2.C8H7ClO3.C4H7Cl.CH2O3.CH2O2.7CH4.Al.Cl2OS.2K.Li.2H2.5H/c1-12(2)6-7-4-8(13)5-9(10(7)16-12)11(14)15-3;1-7(2)4-8-5-9(13)6-10(11(8)14)12(15)16-3;1-8(2)7-16-11-5-4-9(13)6-10(11)12(14)15-3;1-11(2)5-7-3-9(13)4-8(6-12)10(7)14-11;1-11(2)5-7-3-9(12)4-8(6-13)10(7)14-11;1-12-8(11)6-4-5(9)2-3-7(6)10;1-4(2)3-5;2-1-4-3;2-1-3;;;;;;;;;1-4(2)3;;;;;;;;;;/h4-5H,6H2,1-3H3;5-6,14H,1,4H2,2-3H3;4-6H,1,7H2,2-3H3;3-4H,5-6H2,1-2H3;3-4,13H,5-6H2,1-2H3;2-4,10H,1H3;1,3H2,2H3;1,3H;1H,(H,2,3);7*1H4;;;;;;2*1H;;;;;/q;;;;;;;;;;;;;;;;;;3*+1;;;;;;2*-1/p-1/i;;;;;;;;;;;;;;;;;;;;;2*1+1;;;;;. The smallest absolute Gasteiger partial charge is 1.00 e. The second-order valence-corrected chi connectivity index (χ2v) is 29.3. The Balaban J connectivity index is -0.0000000720. The Morgan fingerprint density at radius 3 is 1.21 bits per heavy atom. The fourth-order valence-electron chi connectivity index (χ4n) is 8.90. The van der Waals surface area contributed by atoms with Crippen LogP contribution in [0.1, 0.15) is 195 Å². The topological polar surface area (TPSA) is 307 Å². The second-order valence-electron chi connectivity index (χ2n) is 23.6. The van der Waals surface area contributed by atoms with Crippen LogP contribution in [0, 0.1) is 0 Å². The number of carbonyl (C=O) groups excluding carboxylic acids is 5. The molecule has 9 rings (SSSR count). The van der Waals surface area contributed by atoms with E-state index in [4.69, 9.17) is 146 Å². The van der Waals surface area contributed by atoms with E-state index >= 15 is 0 Å². The molecule has 36 heteroatoms. The number of halogens is 10. The van der Waals surface area contributed by atoms with Crippen LogP contribution in [0.5, 0.6) is 34.5 Å². The van der Waals surface area contributed by atoms with Crippen molar-refractivity contribution < 1.29 is 229 Å². The Morgan fingerprint density at radius 2 is 0.843 bits per heavy atom. The maximum atomic E-state index is 11.6. The number of phenols is 2. The number of allylic oxidation sites excluding steroid dienone is 2. The Kier molecular flexibility index (Phi) is 85.5. The van der Waals surface area contributed by atoms with Crippen molar-refractivity contribution in [2.45, 2.75) is 169 Å². The zero-order valence-corrected chi connectivity index (χ0v) is 76.6. The van der Waals surface area contributed by atoms with E-state index < -0.39 is 33.1 Å². The summed E-state index contributed by atoms with van der Waals surface area (Å²) >= 11 is 46.2. The minimum Gasteiger partial charge on any atom is -1.00 e. The third-order valence-corrected chi connectivity index (χ3v) is 14.8. The molecule has 3 aliphatic heterocycles. The van der Waals surface area contributed by atoms with Crippen molar-refractivity contribution in [1.29, 1.82) is 0 Å². The summed E-state index contributed by atoms with van der Waals surface area (Å²) < 4.78 is 50.1. The first-order valence-electron chi connectivity index (χ1n) is 29.9. The largest absolute Gasteiger partial charge is 1.00 e. The van der Waals surface area contributed by atoms with Gasteiger partial charge in [0.15, 0.2) is 17.4 Å². The molecule has 0 spiro atoms. The Bertz CT molecular complexity index is 3920. The van der Waals surface area contributed by atoms with E-state index in [9.17, 15) is 29.4 Å². The van der Waals surface area contributed by atoms with Crippen LogP contribution in [0.3, 0.4) is 0 Å². The molecule has 0 fully saturated rings. The number of fused-ring (bicyclic) bond motifs is 3. The zero-order valence-electron chi connectivity index (χ0n) is 63.9. The number of phenolic OH excluding ortho intramolecular Hbond substituents is 2. The van der Waals surface area contributed by atoms with Gasteiger partial charge in [-0.15, -0.1) is 23.2 Å². The predicted octanol–water partition coefficient (Wildman–Crippen LogP) is 13.0. The number of benzene rings is 6. The summed E-state index contributed by atoms with van der Waals surface area (Å²) in [5.74, 6) is 1.47. The summed E-state index contributed by atoms with van der Waals surface area (Å²) in [5.41, 5.74) is 8.55. The number of hydrogen-bond donors (Lipinski definition) is 4. The maximum absolute atomic E-state index is 11.6. The van der Waals surface area contributed by atoms with Crippen molar-refractivity contribution in [3.8, 4) is 34.5 Å². The molecule has 3 heterocycles. The molecule has 0 bridgehead atoms. The number of esters is 4. The van der Waals surface area contributed by atoms with Crippen molar-refractivity contribution in [3.05, 3.63) is 207 Å². The molecule has 6 aromatic carbocycles. The molecular weight excluding hydrogens is 1780 g/mol. The molecule has 0 saturated carbocycles. The minimum absolute atomic E-state index is 0. The molecule has 0 radical (unpaired) electrons. The maximum Gasteiger partial charge on any atom is 1.00 e. The van der Waals surface area contributed by atoms with Gasteiger partial charge in [-0.1, -0.05) is 152 Å². The fraction of sp³-hybridized carbons (Fsp3) is 0.392. The molecule has 0 aliphatic carbocycles. The molecule has 0 saturated heterocycles. The number of carboxylic acid groups (broad SMARTS) is 1. The van der Waals surface area contributed by atoms with Crippen molar-refractivity contribution >= 4 is 178 Å². The third-order valence-electron chi connectivity index (χ3n) is 12.8. The van der Waals surface area contributed by atoms with E-state index in [0.717, 1.165) is 80.3 Å². The number of alkyl halides is 2. The van der Waals surface area contributed by atoms with Crippen LogP contribution < -0.4 is 146 Å². The number of hydrogen-bond acceptors (Lipinski definition) is 20. The molecule has 4 N–H and O–H groups in total. The van der Waals surface area contributed by atoms with E-state index in [1.807, 2.05) is 72.7 Å². The van der Waals surface area contributed by atoms with Gasteiger partial charge < -0.3 is 71.3 Å². The van der Waals surface area contributed by atoms with Crippen molar-refractivity contribution in [3.63, 3.8) is 0 Å². The van der Waals surface area contributed by atoms with Crippen LogP contribution in [0.25, 0.3) is 0 Å². The Hall–Kier alpha value is -2.47. The van der Waals surface area contributed by atoms with E-state index in [-0.39, 0.29) is 256 Å². The van der Waals surface area contributed by atoms with Gasteiger partial charge >= 0.3 is 146 Å². The molecular formula is C79H118AlCl10K2LiO21S. The van der Waals surface area contributed by atoms with Gasteiger partial charge in [0, 0.05) is 102 Å². The van der Waals surface area contributed by atoms with Gasteiger partial charge in [0.25, 0.3) is 12.9 Å². The molecule has 0 aromatic heterocycles. The molecule has 0 amide bonds. The van der Waals surface area contributed by atoms with E-state index in [1.54, 1.807) is 30.3 Å². The first-order valence-corrected chi connectivity index (χ1v) is 36.1. The minimum atomic E-state index is -1.67. The number of aliphatic hydroxyl groups excluding tert-OH is 1. The number of aromatic hydroxyl groups is 2. The molecule has 642 valence electrons. The van der Waals surface area contributed by atoms with Crippen LogP contribution in [-0.4, -0.2) is 137 Å². The van der Waals surface area contributed by atoms with E-state index in [0.29, 0.717) is 78.1 Å². The second kappa shape index (κ2) is 71.0. The van der Waals surface area contributed by atoms with Crippen LogP contribution in [0.4, 0.5) is 0 Å². The monoisotopic (exact) mass is 1900 g/mol. The van der Waals surface area contributed by atoms with Crippen molar-refractivity contribution in [2.24, 2.45) is 0 Å². The molecule has 21 nitrogen and oxygen atoms in total. The van der Waals surface area contributed by atoms with E-state index in [2.05, 4.69) is 74.0 Å². The number of ether oxygens (including phenoxy) is 8. The average Bonchev–Trinajstić information content (AvgIpc) is 1.64. The summed E-state index contributed by atoms with van der Waals surface area (Å²) in [7, 11) is 12.5. The number of methoxy groups -OCH3 is 4. The van der Waals surface area contributed by atoms with Crippen LogP contribution in [0.15, 0.2) is 121 Å². The van der Waals surface area contributed by atoms with Crippen LogP contribution >= 0.6 is 114 Å². The van der Waals surface area contributed by atoms with Gasteiger partial charge in [0.1, 0.15) is 80.2 Å². The predicted molar refractivity (Wildman–Crippen MR) is 472 cm³/mol. The van der Waals surface area contributed by atoms with Gasteiger partial charge in [-0.3, -0.25) is 9.59 Å². The summed E-state index contributed by atoms with van der Waals surface area (Å²) in [6.45, 7) is 28.6. The summed E-state index contributed by atoms with van der Waals surface area (Å²) in [6.07, 6.45) is 2.95. The number of aliphatic hydroxyl groups is 1. The first kappa shape index (κ1) is 139. The van der Waals surface area contributed by atoms with Gasteiger partial charge in [-0.25, -0.2) is 23.4 Å². The van der Waals surface area contributed by atoms with Crippen LogP contribution in [0.2, 0.25) is 30.1 Å². The summed E-state index contributed by atoms with van der Waals surface area (Å²) in [6, 6.07) is 22.9. The van der Waals surface area contributed by atoms with Crippen LogP contribution in [-0.2, 0) is 80.8 Å². The van der Waals surface area contributed by atoms with Crippen molar-refractivity contribution in [1.82, 2.24) is 0 Å². The first-order chi connectivity index (χ1) is 48.4. The van der Waals surface area contributed by atoms with Gasteiger partial charge in [0.2, 0.25) is 9.23 Å². The SMILES string of the molecule is C.C.C.C.C.C.C.C=C(C)CCl.C=C(C)COc1ccc(Cl)cc1C(=O)OC.C=C(C)Cc1cc(Cl)cc(C(=O)OC)c1O.CC1(C)Cc2cc(Cl)cc(CCl)c2O1.CC1(C)Cc2cc(Cl)cc(CO)c2O1.COC(=O)c1cc(Cl)cc2c1OC(C)(C)C2.COC(=O)c1cc(Cl)ccc1O.O=CO.O=CO[O-].O=S(Cl)Cl.[2HH].[2HH].[AlH3].[H-].[H-].[K+].[K+].[Li+]. The van der Waals surface area contributed by atoms with Crippen molar-refractivity contribution in [2.75, 3.05) is 40.9 Å². The molecule has 115 heavy (non-hydrogen) atoms. The molecule has 0 unspecified atom stereocenters. The normalized spacial score (nSPS) is 11.3. The Labute approximate surface area is 847 Å². The van der Waals surface area contributed by atoms with E-state index in [1.165, 1.54) is 58.8 Å². The molecule has 6 aromatic rings. The average molecular weight is 1900 g/mol. The number of carbonyl (C=O) groups is 6. The zero-order chi connectivity index (χ0) is 80.2.